The molecule has 0 heterocycles. The van der Waals surface area contributed by atoms with Crippen molar-refractivity contribution in [2.75, 3.05) is 34.0 Å². The van der Waals surface area contributed by atoms with Crippen LogP contribution in [0.2, 0.25) is 10.0 Å². The van der Waals surface area contributed by atoms with Gasteiger partial charge in [0.15, 0.2) is 5.75 Å². The van der Waals surface area contributed by atoms with Crippen LogP contribution in [0.15, 0.2) is 57.3 Å². The summed E-state index contributed by atoms with van der Waals surface area (Å²) in [4.78, 5) is 9.71. The zero-order valence-corrected chi connectivity index (χ0v) is 21.8. The van der Waals surface area contributed by atoms with Gasteiger partial charge in [0.25, 0.3) is 0 Å². The summed E-state index contributed by atoms with van der Waals surface area (Å²) in [5.41, 5.74) is 1.96. The number of benzene rings is 2. The van der Waals surface area contributed by atoms with Crippen LogP contribution in [-0.2, 0) is 9.68 Å². The van der Waals surface area contributed by atoms with E-state index in [1.165, 1.54) is 20.3 Å². The van der Waals surface area contributed by atoms with Gasteiger partial charge < -0.3 is 23.9 Å². The number of oxime groups is 2. The van der Waals surface area contributed by atoms with Crippen LogP contribution in [0.1, 0.15) is 18.9 Å². The summed E-state index contributed by atoms with van der Waals surface area (Å²) in [6, 6.07) is 10.6. The molecule has 0 spiro atoms. The van der Waals surface area contributed by atoms with E-state index >= 15 is 0 Å². The van der Waals surface area contributed by atoms with Crippen molar-refractivity contribution in [2.45, 2.75) is 13.3 Å². The first kappa shape index (κ1) is 27.9. The highest BCUT2D eigenvalue weighted by Gasteiger charge is 2.12. The van der Waals surface area contributed by atoms with Gasteiger partial charge in [0.05, 0.1) is 23.3 Å². The van der Waals surface area contributed by atoms with Crippen molar-refractivity contribution in [3.8, 4) is 17.2 Å². The van der Waals surface area contributed by atoms with Gasteiger partial charge in [-0.25, -0.2) is 0 Å². The topological polar surface area (TPSA) is 70.9 Å². The Morgan fingerprint density at radius 2 is 1.47 bits per heavy atom. The van der Waals surface area contributed by atoms with Gasteiger partial charge in [-0.2, -0.15) is 0 Å². The lowest BCUT2D eigenvalue weighted by Crippen LogP contribution is -2.13. The number of ether oxygens (including phenoxy) is 3. The fraction of sp³-hybridized carbons (Fsp3) is 0.304. The van der Waals surface area contributed by atoms with Crippen molar-refractivity contribution in [3.63, 3.8) is 0 Å². The number of halogens is 4. The SMILES string of the molecule is CO/N=C(\C(C)=N\OC)c1ccc(OCCCOc2c(Cl)cc(OCC=C(Cl)Cl)cc2Cl)cc1. The second-order valence-electron chi connectivity index (χ2n) is 6.58. The van der Waals surface area contributed by atoms with Crippen LogP contribution >= 0.6 is 46.4 Å². The molecule has 0 fully saturated rings. The van der Waals surface area contributed by atoms with E-state index in [1.807, 2.05) is 24.3 Å². The third kappa shape index (κ3) is 9.14. The highest BCUT2D eigenvalue weighted by atomic mass is 35.5. The predicted octanol–water partition coefficient (Wildman–Crippen LogP) is 6.91. The first-order valence-corrected chi connectivity index (χ1v) is 11.5. The molecule has 0 aliphatic carbocycles. The predicted molar refractivity (Wildman–Crippen MR) is 137 cm³/mol. The molecule has 2 aromatic carbocycles. The smallest absolute Gasteiger partial charge is 0.156 e. The maximum absolute atomic E-state index is 6.27. The highest BCUT2D eigenvalue weighted by molar-refractivity contribution is 6.55. The van der Waals surface area contributed by atoms with Crippen LogP contribution in [0.4, 0.5) is 0 Å². The summed E-state index contributed by atoms with van der Waals surface area (Å²) in [7, 11) is 2.94. The molecule has 0 saturated carbocycles. The van der Waals surface area contributed by atoms with Gasteiger partial charge in [0, 0.05) is 24.1 Å². The first-order valence-electron chi connectivity index (χ1n) is 10.0. The highest BCUT2D eigenvalue weighted by Crippen LogP contribution is 2.37. The van der Waals surface area contributed by atoms with Gasteiger partial charge in [-0.05, 0) is 37.3 Å². The lowest BCUT2D eigenvalue weighted by molar-refractivity contribution is 0.210. The monoisotopic (exact) mass is 548 g/mol. The van der Waals surface area contributed by atoms with Crippen LogP contribution in [0.25, 0.3) is 0 Å². The van der Waals surface area contributed by atoms with E-state index in [0.717, 1.165) is 5.56 Å². The van der Waals surface area contributed by atoms with Crippen molar-refractivity contribution < 1.29 is 23.9 Å². The molecule has 0 amide bonds. The molecule has 0 aliphatic rings. The minimum atomic E-state index is 0.117. The number of rotatable bonds is 13. The molecule has 0 aromatic heterocycles. The molecule has 0 saturated heterocycles. The zero-order chi connectivity index (χ0) is 24.9. The van der Waals surface area contributed by atoms with Crippen molar-refractivity contribution >= 4 is 57.8 Å². The van der Waals surface area contributed by atoms with E-state index in [-0.39, 0.29) is 11.1 Å². The summed E-state index contributed by atoms with van der Waals surface area (Å²) in [5, 5.41) is 8.57. The minimum Gasteiger partial charge on any atom is -0.493 e. The molecule has 34 heavy (non-hydrogen) atoms. The van der Waals surface area contributed by atoms with Gasteiger partial charge in [-0.15, -0.1) is 0 Å². The molecule has 0 radical (unpaired) electrons. The number of hydrogen-bond donors (Lipinski definition) is 0. The van der Waals surface area contributed by atoms with Crippen molar-refractivity contribution in [1.82, 2.24) is 0 Å². The van der Waals surface area contributed by atoms with Gasteiger partial charge in [-0.1, -0.05) is 56.7 Å². The van der Waals surface area contributed by atoms with E-state index < -0.39 is 0 Å². The van der Waals surface area contributed by atoms with Gasteiger partial charge in [-0.3, -0.25) is 0 Å². The molecule has 2 aromatic rings. The minimum absolute atomic E-state index is 0.117. The van der Waals surface area contributed by atoms with Gasteiger partial charge in [0.1, 0.15) is 48.2 Å². The van der Waals surface area contributed by atoms with E-state index in [4.69, 9.17) is 70.3 Å². The molecule has 0 N–H and O–H groups in total. The van der Waals surface area contributed by atoms with E-state index in [0.29, 0.717) is 58.4 Å². The zero-order valence-electron chi connectivity index (χ0n) is 18.8. The van der Waals surface area contributed by atoms with Crippen molar-refractivity contribution in [2.24, 2.45) is 10.3 Å². The Balaban J connectivity index is 1.84. The Hall–Kier alpha value is -2.32. The Labute approximate surface area is 218 Å². The Morgan fingerprint density at radius 3 is 2.06 bits per heavy atom. The van der Waals surface area contributed by atoms with Crippen LogP contribution in [0.3, 0.4) is 0 Å². The lowest BCUT2D eigenvalue weighted by Gasteiger charge is -2.13. The van der Waals surface area contributed by atoms with Crippen LogP contribution < -0.4 is 14.2 Å². The Morgan fingerprint density at radius 1 is 0.853 bits per heavy atom. The molecule has 0 unspecified atom stereocenters. The molecular weight excluding hydrogens is 526 g/mol. The second kappa shape index (κ2) is 14.8. The molecule has 2 rings (SSSR count). The molecule has 0 atom stereocenters. The van der Waals surface area contributed by atoms with Gasteiger partial charge >= 0.3 is 0 Å². The summed E-state index contributed by atoms with van der Waals surface area (Å²) >= 11 is 23.6. The molecule has 0 bridgehead atoms. The molecular formula is C23H24Cl4N2O5. The molecule has 11 heteroatoms. The quantitative estimate of drug-likeness (QED) is 0.154. The third-order valence-corrected chi connectivity index (χ3v) is 5.01. The normalized spacial score (nSPS) is 11.6. The van der Waals surface area contributed by atoms with E-state index in [9.17, 15) is 0 Å². The maximum Gasteiger partial charge on any atom is 0.156 e. The third-order valence-electron chi connectivity index (χ3n) is 4.14. The summed E-state index contributed by atoms with van der Waals surface area (Å²) < 4.78 is 17.1. The Kier molecular flexibility index (Phi) is 12.2. The lowest BCUT2D eigenvalue weighted by atomic mass is 10.1. The van der Waals surface area contributed by atoms with E-state index in [1.54, 1.807) is 19.1 Å². The maximum atomic E-state index is 6.27. The molecule has 184 valence electrons. The van der Waals surface area contributed by atoms with Gasteiger partial charge in [0.2, 0.25) is 0 Å². The molecule has 0 aliphatic heterocycles. The van der Waals surface area contributed by atoms with Crippen molar-refractivity contribution in [1.29, 1.82) is 0 Å². The number of nitrogens with zero attached hydrogens (tertiary/aromatic N) is 2. The average Bonchev–Trinajstić information content (AvgIpc) is 2.79. The second-order valence-corrected chi connectivity index (χ2v) is 8.40. The van der Waals surface area contributed by atoms with Crippen LogP contribution in [-0.4, -0.2) is 45.5 Å². The average molecular weight is 550 g/mol. The number of hydrogen-bond acceptors (Lipinski definition) is 7. The van der Waals surface area contributed by atoms with Crippen LogP contribution in [0.5, 0.6) is 17.2 Å². The van der Waals surface area contributed by atoms with E-state index in [2.05, 4.69) is 10.3 Å². The van der Waals surface area contributed by atoms with Crippen molar-refractivity contribution in [3.05, 3.63) is 62.6 Å². The first-order chi connectivity index (χ1) is 16.3. The summed E-state index contributed by atoms with van der Waals surface area (Å²) in [6.45, 7) is 2.76. The fourth-order valence-corrected chi connectivity index (χ4v) is 3.39. The largest absolute Gasteiger partial charge is 0.493 e. The molecule has 7 nitrogen and oxygen atoms in total. The summed E-state index contributed by atoms with van der Waals surface area (Å²) in [6.07, 6.45) is 2.12. The Bertz CT molecular complexity index is 1000. The van der Waals surface area contributed by atoms with Crippen LogP contribution in [0, 0.1) is 0 Å². The summed E-state index contributed by atoms with van der Waals surface area (Å²) in [5.74, 6) is 1.55. The standard InChI is InChI=1S/C23H24Cl4N2O5/c1-15(28-30-2)22(29-31-3)16-5-7-17(8-6-16)32-10-4-11-34-23-19(24)13-18(14-20(23)25)33-12-9-21(26)27/h5-9,13-14H,4,10-12H2,1-3H3/b28-15+,29-22+. The fourth-order valence-electron chi connectivity index (χ4n) is 2.69.